The topological polar surface area (TPSA) is 88.8 Å². The van der Waals surface area contributed by atoms with Crippen molar-refractivity contribution in [2.24, 2.45) is 0 Å². The molecule has 1 saturated heterocycles. The molecular formula is C27H32N2O5S. The van der Waals surface area contributed by atoms with Gasteiger partial charge < -0.3 is 14.5 Å². The van der Waals surface area contributed by atoms with Crippen LogP contribution in [0.4, 0.5) is 0 Å². The third kappa shape index (κ3) is 5.94. The average molecular weight is 497 g/mol. The van der Waals surface area contributed by atoms with Gasteiger partial charge in [-0.25, -0.2) is 8.42 Å². The smallest absolute Gasteiger partial charge is 0.287 e. The van der Waals surface area contributed by atoms with E-state index >= 15 is 0 Å². The molecule has 8 heteroatoms. The Morgan fingerprint density at radius 2 is 1.69 bits per heavy atom. The maximum absolute atomic E-state index is 12.9. The Kier molecular flexibility index (Phi) is 7.93. The molecule has 2 aromatic carbocycles. The number of carbonyl (C=O) groups excluding carboxylic acids is 1. The number of piperidine rings is 1. The molecule has 1 aliphatic rings. The highest BCUT2D eigenvalue weighted by molar-refractivity contribution is 7.91. The van der Waals surface area contributed by atoms with Crippen LogP contribution in [0.2, 0.25) is 0 Å². The van der Waals surface area contributed by atoms with E-state index in [0.717, 1.165) is 42.8 Å². The highest BCUT2D eigenvalue weighted by Crippen LogP contribution is 2.27. The van der Waals surface area contributed by atoms with E-state index in [4.69, 9.17) is 9.15 Å². The summed E-state index contributed by atoms with van der Waals surface area (Å²) in [5.74, 6) is 0.346. The van der Waals surface area contributed by atoms with Crippen LogP contribution in [0.1, 0.15) is 53.9 Å². The Hall–Kier alpha value is -3.10. The molecule has 1 unspecified atom stereocenters. The average Bonchev–Trinajstić information content (AvgIpc) is 3.38. The third-order valence-electron chi connectivity index (χ3n) is 6.26. The Morgan fingerprint density at radius 3 is 2.34 bits per heavy atom. The second-order valence-electron chi connectivity index (χ2n) is 8.76. The van der Waals surface area contributed by atoms with Gasteiger partial charge in [0.25, 0.3) is 5.91 Å². The van der Waals surface area contributed by atoms with E-state index in [0.29, 0.717) is 13.2 Å². The van der Waals surface area contributed by atoms with Crippen LogP contribution < -0.4 is 10.1 Å². The summed E-state index contributed by atoms with van der Waals surface area (Å²) in [5.41, 5.74) is 2.05. The van der Waals surface area contributed by atoms with Crippen molar-refractivity contribution >= 4 is 15.7 Å². The number of rotatable bonds is 9. The Bertz CT molecular complexity index is 1230. The molecule has 3 aromatic rings. The number of hydrogen-bond donors (Lipinski definition) is 1. The van der Waals surface area contributed by atoms with Crippen LogP contribution in [0.15, 0.2) is 75.1 Å². The maximum Gasteiger partial charge on any atom is 0.287 e. The summed E-state index contributed by atoms with van der Waals surface area (Å²) in [5, 5.41) is 2.70. The molecule has 1 aromatic heterocycles. The van der Waals surface area contributed by atoms with E-state index in [1.807, 2.05) is 38.1 Å². The summed E-state index contributed by atoms with van der Waals surface area (Å²) in [6.07, 6.45) is 3.46. The SMILES string of the molecule is CCOc1ccc(C(CNC(=O)c2ccc(S(=O)(=O)c3ccc(C)cc3)o2)N2CCCCC2)cc1. The molecule has 1 aliphatic heterocycles. The summed E-state index contributed by atoms with van der Waals surface area (Å²) in [6.45, 7) is 6.76. The fourth-order valence-electron chi connectivity index (χ4n) is 4.34. The molecule has 4 rings (SSSR count). The molecule has 0 bridgehead atoms. The van der Waals surface area contributed by atoms with E-state index in [2.05, 4.69) is 10.2 Å². The van der Waals surface area contributed by atoms with Crippen LogP contribution in [0, 0.1) is 6.92 Å². The number of amides is 1. The van der Waals surface area contributed by atoms with E-state index in [1.54, 1.807) is 12.1 Å². The second-order valence-corrected chi connectivity index (χ2v) is 10.6. The maximum atomic E-state index is 12.9. The molecule has 1 N–H and O–H groups in total. The molecule has 2 heterocycles. The number of sulfone groups is 1. The van der Waals surface area contributed by atoms with Gasteiger partial charge in [-0.1, -0.05) is 36.2 Å². The monoisotopic (exact) mass is 496 g/mol. The number of furan rings is 1. The van der Waals surface area contributed by atoms with Crippen LogP contribution in [0.25, 0.3) is 0 Å². The molecule has 0 spiro atoms. The van der Waals surface area contributed by atoms with Crippen molar-refractivity contribution in [3.63, 3.8) is 0 Å². The van der Waals surface area contributed by atoms with Crippen molar-refractivity contribution in [1.29, 1.82) is 0 Å². The van der Waals surface area contributed by atoms with Crippen molar-refractivity contribution in [3.05, 3.63) is 77.6 Å². The van der Waals surface area contributed by atoms with Crippen molar-refractivity contribution < 1.29 is 22.4 Å². The quantitative estimate of drug-likeness (QED) is 0.459. The van der Waals surface area contributed by atoms with Gasteiger partial charge in [-0.2, -0.15) is 0 Å². The standard InChI is InChI=1S/C27H32N2O5S/c1-3-33-22-11-9-21(10-12-22)24(29-17-5-4-6-18-29)19-28-27(30)25-15-16-26(34-25)35(31,32)23-13-7-20(2)8-14-23/h7-16,24H,3-6,17-19H2,1-2H3,(H,28,30). The molecule has 1 atom stereocenters. The van der Waals surface area contributed by atoms with Crippen molar-refractivity contribution in [2.45, 2.75) is 49.1 Å². The molecule has 0 aliphatic carbocycles. The first kappa shape index (κ1) is 25.0. The lowest BCUT2D eigenvalue weighted by Crippen LogP contribution is -2.40. The number of hydrogen-bond acceptors (Lipinski definition) is 6. The van der Waals surface area contributed by atoms with Gasteiger partial charge in [0.05, 0.1) is 17.5 Å². The minimum absolute atomic E-state index is 0.000602. The van der Waals surface area contributed by atoms with E-state index < -0.39 is 15.7 Å². The third-order valence-corrected chi connectivity index (χ3v) is 7.91. The van der Waals surface area contributed by atoms with Crippen molar-refractivity contribution in [2.75, 3.05) is 26.2 Å². The number of aryl methyl sites for hydroxylation is 1. The van der Waals surface area contributed by atoms with E-state index in [-0.39, 0.29) is 21.8 Å². The second kappa shape index (κ2) is 11.1. The van der Waals surface area contributed by atoms with Crippen molar-refractivity contribution in [1.82, 2.24) is 10.2 Å². The number of nitrogens with one attached hydrogen (secondary N) is 1. The predicted octanol–water partition coefficient (Wildman–Crippen LogP) is 4.78. The summed E-state index contributed by atoms with van der Waals surface area (Å²) >= 11 is 0. The summed E-state index contributed by atoms with van der Waals surface area (Å²) in [7, 11) is -3.84. The Balaban J connectivity index is 1.47. The molecule has 1 fully saturated rings. The van der Waals surface area contributed by atoms with Gasteiger partial charge in [0.15, 0.2) is 5.76 Å². The number of likely N-dealkylation sites (tertiary alicyclic amines) is 1. The van der Waals surface area contributed by atoms with Gasteiger partial charge in [0.2, 0.25) is 14.9 Å². The highest BCUT2D eigenvalue weighted by Gasteiger charge is 2.26. The lowest BCUT2D eigenvalue weighted by Gasteiger charge is -2.35. The van der Waals surface area contributed by atoms with E-state index in [1.165, 1.54) is 30.7 Å². The molecule has 186 valence electrons. The minimum Gasteiger partial charge on any atom is -0.494 e. The largest absolute Gasteiger partial charge is 0.494 e. The fourth-order valence-corrected chi connectivity index (χ4v) is 5.51. The van der Waals surface area contributed by atoms with Gasteiger partial charge in [-0.15, -0.1) is 0 Å². The zero-order chi connectivity index (χ0) is 24.8. The lowest BCUT2D eigenvalue weighted by molar-refractivity contribution is 0.0892. The first-order valence-electron chi connectivity index (χ1n) is 12.0. The lowest BCUT2D eigenvalue weighted by atomic mass is 10.0. The van der Waals surface area contributed by atoms with Gasteiger partial charge in [-0.3, -0.25) is 9.69 Å². The van der Waals surface area contributed by atoms with Gasteiger partial charge >= 0.3 is 0 Å². The van der Waals surface area contributed by atoms with Crippen molar-refractivity contribution in [3.8, 4) is 5.75 Å². The molecule has 0 saturated carbocycles. The van der Waals surface area contributed by atoms with Gasteiger partial charge in [0, 0.05) is 6.54 Å². The number of ether oxygens (including phenoxy) is 1. The Labute approximate surface area is 207 Å². The molecule has 1 amide bonds. The van der Waals surface area contributed by atoms with Crippen LogP contribution in [-0.4, -0.2) is 45.5 Å². The van der Waals surface area contributed by atoms with Crippen LogP contribution in [0.3, 0.4) is 0 Å². The summed E-state index contributed by atoms with van der Waals surface area (Å²) in [6, 6.07) is 17.2. The molecule has 0 radical (unpaired) electrons. The van der Waals surface area contributed by atoms with Crippen LogP contribution in [-0.2, 0) is 9.84 Å². The minimum atomic E-state index is -3.84. The number of carbonyl (C=O) groups is 1. The van der Waals surface area contributed by atoms with Crippen LogP contribution >= 0.6 is 0 Å². The van der Waals surface area contributed by atoms with Gasteiger partial charge in [-0.05, 0) is 81.7 Å². The molecule has 7 nitrogen and oxygen atoms in total. The number of benzene rings is 2. The molecule has 35 heavy (non-hydrogen) atoms. The zero-order valence-corrected chi connectivity index (χ0v) is 21.0. The van der Waals surface area contributed by atoms with Crippen LogP contribution in [0.5, 0.6) is 5.75 Å². The summed E-state index contributed by atoms with van der Waals surface area (Å²) < 4.78 is 36.8. The normalized spacial score (nSPS) is 15.5. The van der Waals surface area contributed by atoms with Gasteiger partial charge in [0.1, 0.15) is 5.75 Å². The van der Waals surface area contributed by atoms with E-state index in [9.17, 15) is 13.2 Å². The summed E-state index contributed by atoms with van der Waals surface area (Å²) in [4.78, 5) is 15.4. The highest BCUT2D eigenvalue weighted by atomic mass is 32.2. The first-order valence-corrected chi connectivity index (χ1v) is 13.5. The fraction of sp³-hybridized carbons (Fsp3) is 0.370. The number of nitrogens with zero attached hydrogens (tertiary/aromatic N) is 1. The first-order chi connectivity index (χ1) is 16.9. The predicted molar refractivity (Wildman–Crippen MR) is 133 cm³/mol. The Morgan fingerprint density at radius 1 is 1.00 bits per heavy atom. The molecular weight excluding hydrogens is 464 g/mol. The zero-order valence-electron chi connectivity index (χ0n) is 20.2.